The number of benzene rings is 2. The Morgan fingerprint density at radius 2 is 1.88 bits per heavy atom. The molecule has 0 N–H and O–H groups in total. The molecule has 0 bridgehead atoms. The summed E-state index contributed by atoms with van der Waals surface area (Å²) < 4.78 is 23.7. The van der Waals surface area contributed by atoms with Crippen molar-refractivity contribution in [3.05, 3.63) is 72.8 Å². The topological polar surface area (TPSA) is 101 Å². The first-order valence-electron chi connectivity index (χ1n) is 10.6. The summed E-state index contributed by atoms with van der Waals surface area (Å²) in [6.07, 6.45) is 1.57. The number of ether oxygens (including phenoxy) is 2. The molecule has 0 saturated heterocycles. The summed E-state index contributed by atoms with van der Waals surface area (Å²) in [6, 6.07) is 19.1. The smallest absolute Gasteiger partial charge is 0.238 e. The van der Waals surface area contributed by atoms with E-state index in [4.69, 9.17) is 18.4 Å². The highest BCUT2D eigenvalue weighted by molar-refractivity contribution is 7.98. The van der Waals surface area contributed by atoms with Crippen molar-refractivity contribution in [2.75, 3.05) is 13.7 Å². The molecular formula is C24H21N5O4S. The Hall–Kier alpha value is -4.05. The highest BCUT2D eigenvalue weighted by atomic mass is 32.2. The monoisotopic (exact) mass is 475 g/mol. The van der Waals surface area contributed by atoms with Crippen LogP contribution in [0.25, 0.3) is 28.7 Å². The third-order valence-electron chi connectivity index (χ3n) is 4.90. The fourth-order valence-electron chi connectivity index (χ4n) is 3.35. The Labute approximate surface area is 199 Å². The van der Waals surface area contributed by atoms with Crippen LogP contribution < -0.4 is 9.47 Å². The van der Waals surface area contributed by atoms with Crippen LogP contribution in [-0.2, 0) is 5.75 Å². The van der Waals surface area contributed by atoms with Gasteiger partial charge in [-0.2, -0.15) is 4.98 Å². The molecule has 0 amide bonds. The maximum atomic E-state index is 5.59. The van der Waals surface area contributed by atoms with E-state index in [1.54, 1.807) is 25.5 Å². The molecule has 10 heteroatoms. The SMILES string of the molecule is CCOc1ccc(-n2c(SCc3nc(-c4ccco4)no3)nnc2-c2cccc(OC)c2)cc1. The first-order valence-corrected chi connectivity index (χ1v) is 11.6. The van der Waals surface area contributed by atoms with Crippen LogP contribution in [0.5, 0.6) is 11.5 Å². The van der Waals surface area contributed by atoms with Crippen molar-refractivity contribution in [3.8, 4) is 40.2 Å². The molecule has 0 aliphatic heterocycles. The molecule has 0 radical (unpaired) electrons. The van der Waals surface area contributed by atoms with E-state index in [0.717, 1.165) is 22.7 Å². The van der Waals surface area contributed by atoms with E-state index in [1.165, 1.54) is 11.8 Å². The third kappa shape index (κ3) is 4.53. The molecule has 5 rings (SSSR count). The number of hydrogen-bond acceptors (Lipinski definition) is 9. The number of methoxy groups -OCH3 is 1. The molecule has 0 saturated carbocycles. The summed E-state index contributed by atoms with van der Waals surface area (Å²) in [5, 5.41) is 13.6. The van der Waals surface area contributed by atoms with Gasteiger partial charge in [-0.05, 0) is 55.5 Å². The first-order chi connectivity index (χ1) is 16.7. The van der Waals surface area contributed by atoms with Crippen molar-refractivity contribution in [2.45, 2.75) is 17.8 Å². The highest BCUT2D eigenvalue weighted by Gasteiger charge is 2.19. The normalized spacial score (nSPS) is 11.0. The molecule has 0 aliphatic rings. The lowest BCUT2D eigenvalue weighted by molar-refractivity contribution is 0.340. The number of thioether (sulfide) groups is 1. The van der Waals surface area contributed by atoms with Gasteiger partial charge in [-0.3, -0.25) is 4.57 Å². The van der Waals surface area contributed by atoms with Crippen LogP contribution in [0.3, 0.4) is 0 Å². The molecule has 3 heterocycles. The van der Waals surface area contributed by atoms with Crippen LogP contribution >= 0.6 is 11.8 Å². The van der Waals surface area contributed by atoms with Gasteiger partial charge in [0.15, 0.2) is 16.7 Å². The Morgan fingerprint density at radius 1 is 1.00 bits per heavy atom. The van der Waals surface area contributed by atoms with Gasteiger partial charge >= 0.3 is 0 Å². The molecule has 9 nitrogen and oxygen atoms in total. The summed E-state index contributed by atoms with van der Waals surface area (Å²) in [7, 11) is 1.64. The van der Waals surface area contributed by atoms with Gasteiger partial charge < -0.3 is 18.4 Å². The molecule has 5 aromatic rings. The van der Waals surface area contributed by atoms with Gasteiger partial charge in [-0.15, -0.1) is 10.2 Å². The van der Waals surface area contributed by atoms with Crippen LogP contribution in [0.1, 0.15) is 12.8 Å². The van der Waals surface area contributed by atoms with Gasteiger partial charge in [-0.25, -0.2) is 0 Å². The lowest BCUT2D eigenvalue weighted by Crippen LogP contribution is -2.00. The quantitative estimate of drug-likeness (QED) is 0.264. The standard InChI is InChI=1S/C24H21N5O4S/c1-3-31-18-11-9-17(10-12-18)29-23(16-6-4-7-19(14-16)30-2)26-27-24(29)34-15-21-25-22(28-33-21)20-8-5-13-32-20/h4-14H,3,15H2,1-2H3. The van der Waals surface area contributed by atoms with Gasteiger partial charge in [0, 0.05) is 11.3 Å². The molecule has 0 aliphatic carbocycles. The van der Waals surface area contributed by atoms with Crippen molar-refractivity contribution in [2.24, 2.45) is 0 Å². The molecule has 3 aromatic heterocycles. The predicted molar refractivity (Wildman–Crippen MR) is 126 cm³/mol. The molecule has 0 atom stereocenters. The Balaban J connectivity index is 1.47. The van der Waals surface area contributed by atoms with Gasteiger partial charge in [0.2, 0.25) is 11.7 Å². The molecule has 0 unspecified atom stereocenters. The van der Waals surface area contributed by atoms with Crippen LogP contribution in [0, 0.1) is 0 Å². The second-order valence-electron chi connectivity index (χ2n) is 7.08. The molecule has 172 valence electrons. The molecule has 2 aromatic carbocycles. The molecular weight excluding hydrogens is 454 g/mol. The number of rotatable bonds is 9. The summed E-state index contributed by atoms with van der Waals surface area (Å²) in [6.45, 7) is 2.56. The average molecular weight is 476 g/mol. The summed E-state index contributed by atoms with van der Waals surface area (Å²) in [5.41, 5.74) is 1.78. The first kappa shape index (κ1) is 21.8. The minimum absolute atomic E-state index is 0.408. The Bertz CT molecular complexity index is 1360. The summed E-state index contributed by atoms with van der Waals surface area (Å²) >= 11 is 1.45. The van der Waals surface area contributed by atoms with E-state index in [9.17, 15) is 0 Å². The number of furan rings is 1. The van der Waals surface area contributed by atoms with E-state index in [1.807, 2.05) is 60.0 Å². The zero-order chi connectivity index (χ0) is 23.3. The summed E-state index contributed by atoms with van der Waals surface area (Å²) in [5.74, 6) is 4.06. The van der Waals surface area contributed by atoms with E-state index < -0.39 is 0 Å². The van der Waals surface area contributed by atoms with Crippen LogP contribution in [-0.4, -0.2) is 38.6 Å². The van der Waals surface area contributed by atoms with Crippen LogP contribution in [0.4, 0.5) is 0 Å². The highest BCUT2D eigenvalue weighted by Crippen LogP contribution is 2.32. The minimum atomic E-state index is 0.408. The zero-order valence-corrected chi connectivity index (χ0v) is 19.4. The van der Waals surface area contributed by atoms with Crippen molar-refractivity contribution >= 4 is 11.8 Å². The zero-order valence-electron chi connectivity index (χ0n) is 18.5. The van der Waals surface area contributed by atoms with Crippen molar-refractivity contribution in [1.82, 2.24) is 24.9 Å². The summed E-state index contributed by atoms with van der Waals surface area (Å²) in [4.78, 5) is 4.41. The van der Waals surface area contributed by atoms with Gasteiger partial charge in [0.1, 0.15) is 11.5 Å². The molecule has 0 spiro atoms. The number of nitrogens with zero attached hydrogens (tertiary/aromatic N) is 5. The van der Waals surface area contributed by atoms with Crippen molar-refractivity contribution in [3.63, 3.8) is 0 Å². The number of hydrogen-bond donors (Lipinski definition) is 0. The maximum absolute atomic E-state index is 5.59. The fourth-order valence-corrected chi connectivity index (χ4v) is 4.14. The van der Waals surface area contributed by atoms with E-state index >= 15 is 0 Å². The Kier molecular flexibility index (Phi) is 6.30. The molecule has 0 fully saturated rings. The van der Waals surface area contributed by atoms with Crippen LogP contribution in [0.15, 0.2) is 81.0 Å². The third-order valence-corrected chi connectivity index (χ3v) is 5.82. The van der Waals surface area contributed by atoms with Crippen molar-refractivity contribution in [1.29, 1.82) is 0 Å². The minimum Gasteiger partial charge on any atom is -0.497 e. The van der Waals surface area contributed by atoms with E-state index in [-0.39, 0.29) is 0 Å². The van der Waals surface area contributed by atoms with Gasteiger partial charge in [-0.1, -0.05) is 29.1 Å². The van der Waals surface area contributed by atoms with Gasteiger partial charge in [0.25, 0.3) is 0 Å². The van der Waals surface area contributed by atoms with Crippen molar-refractivity contribution < 1.29 is 18.4 Å². The largest absolute Gasteiger partial charge is 0.497 e. The predicted octanol–water partition coefficient (Wildman–Crippen LogP) is 5.28. The second kappa shape index (κ2) is 9.84. The van der Waals surface area contributed by atoms with Crippen LogP contribution in [0.2, 0.25) is 0 Å². The fraction of sp³-hybridized carbons (Fsp3) is 0.167. The lowest BCUT2D eigenvalue weighted by atomic mass is 10.2. The van der Waals surface area contributed by atoms with E-state index in [2.05, 4.69) is 20.3 Å². The van der Waals surface area contributed by atoms with E-state index in [0.29, 0.717) is 40.8 Å². The van der Waals surface area contributed by atoms with Gasteiger partial charge in [0.05, 0.1) is 25.7 Å². The lowest BCUT2D eigenvalue weighted by Gasteiger charge is -2.11. The Morgan fingerprint density at radius 3 is 2.65 bits per heavy atom. The second-order valence-corrected chi connectivity index (χ2v) is 8.02. The molecule has 34 heavy (non-hydrogen) atoms. The number of aromatic nitrogens is 5. The maximum Gasteiger partial charge on any atom is 0.238 e. The average Bonchev–Trinajstić information content (AvgIpc) is 3.64.